The van der Waals surface area contributed by atoms with Crippen molar-refractivity contribution in [2.75, 3.05) is 26.4 Å². The molecule has 62 heavy (non-hydrogen) atoms. The standard InChI is InChI=1S/C49H84O12S/c1-3-5-7-9-11-13-15-17-18-19-20-21-22-23-24-25-27-29-31-33-35-37-39-57-41-43(42-58-49-47(53)48(61-62(54,55)56)46(52)44(40-50)60-49)59-45(51)38-36-34-32-30-28-26-16-14-12-10-8-6-4-2/h5,7,11,13,17-18,20-21,23-24,27,29,43-44,46-50,52-53H,3-4,6,8-10,12,14-16,19,22,25-26,28,30-42H2,1-2H3,(H,54,55,56)/b7-5-,13-11-,18-17-,21-20-,24-23-,29-27-. The molecular weight excluding hydrogens is 813 g/mol. The highest BCUT2D eigenvalue weighted by molar-refractivity contribution is 7.80. The second-order valence-corrected chi connectivity index (χ2v) is 17.0. The maximum absolute atomic E-state index is 12.8. The van der Waals surface area contributed by atoms with E-state index in [4.69, 9.17) is 23.5 Å². The Bertz CT molecular complexity index is 1360. The molecule has 0 aromatic carbocycles. The number of carbonyl (C=O) groups excluding carboxylic acids is 1. The van der Waals surface area contributed by atoms with E-state index < -0.39 is 59.8 Å². The van der Waals surface area contributed by atoms with Gasteiger partial charge in [-0.2, -0.15) is 8.42 Å². The molecule has 1 saturated heterocycles. The summed E-state index contributed by atoms with van der Waals surface area (Å²) in [4.78, 5) is 12.8. The Labute approximate surface area is 375 Å². The molecular formula is C49H84O12S. The second kappa shape index (κ2) is 40.1. The third-order valence-corrected chi connectivity index (χ3v) is 10.8. The van der Waals surface area contributed by atoms with Gasteiger partial charge in [-0.05, 0) is 64.2 Å². The molecule has 13 heteroatoms. The first-order valence-corrected chi connectivity index (χ1v) is 25.1. The molecule has 1 aliphatic heterocycles. The normalized spacial score (nSPS) is 20.6. The fraction of sp³-hybridized carbons (Fsp3) is 0.735. The van der Waals surface area contributed by atoms with Gasteiger partial charge in [-0.25, -0.2) is 4.18 Å². The lowest BCUT2D eigenvalue weighted by atomic mass is 9.99. The maximum atomic E-state index is 12.8. The molecule has 6 unspecified atom stereocenters. The molecule has 0 aromatic heterocycles. The van der Waals surface area contributed by atoms with Gasteiger partial charge in [0.1, 0.15) is 30.5 Å². The van der Waals surface area contributed by atoms with E-state index in [1.807, 2.05) is 0 Å². The number of ether oxygens (including phenoxy) is 4. The van der Waals surface area contributed by atoms with E-state index >= 15 is 0 Å². The monoisotopic (exact) mass is 897 g/mol. The average molecular weight is 897 g/mol. The van der Waals surface area contributed by atoms with Crippen molar-refractivity contribution in [2.45, 2.75) is 205 Å². The Morgan fingerprint density at radius 1 is 0.629 bits per heavy atom. The summed E-state index contributed by atoms with van der Waals surface area (Å²) in [6, 6.07) is 0. The topological polar surface area (TPSA) is 178 Å². The Kier molecular flexibility index (Phi) is 37.2. The van der Waals surface area contributed by atoms with Crippen molar-refractivity contribution in [3.63, 3.8) is 0 Å². The SMILES string of the molecule is CC/C=C\C/C=C\C/C=C\C/C=C\C/C=C\C/C=C\CCCCCOCC(COC1OC(CO)C(O)C(OS(=O)(=O)O)C1O)OC(=O)CCCCCCCCCCCCCCC. The molecule has 1 aliphatic rings. The van der Waals surface area contributed by atoms with Crippen LogP contribution in [0.4, 0.5) is 0 Å². The van der Waals surface area contributed by atoms with Crippen LogP contribution in [-0.4, -0.2) is 97.5 Å². The predicted molar refractivity (Wildman–Crippen MR) is 248 cm³/mol. The van der Waals surface area contributed by atoms with Gasteiger partial charge in [-0.15, -0.1) is 0 Å². The highest BCUT2D eigenvalue weighted by Gasteiger charge is 2.48. The van der Waals surface area contributed by atoms with Crippen LogP contribution in [0.25, 0.3) is 0 Å². The zero-order valence-electron chi connectivity index (χ0n) is 38.2. The van der Waals surface area contributed by atoms with Gasteiger partial charge in [0.15, 0.2) is 6.29 Å². The van der Waals surface area contributed by atoms with E-state index in [0.29, 0.717) is 13.0 Å². The van der Waals surface area contributed by atoms with Crippen molar-refractivity contribution < 1.29 is 56.2 Å². The van der Waals surface area contributed by atoms with Crippen molar-refractivity contribution in [1.82, 2.24) is 0 Å². The summed E-state index contributed by atoms with van der Waals surface area (Å²) >= 11 is 0. The number of aliphatic hydroxyl groups is 3. The largest absolute Gasteiger partial charge is 0.457 e. The number of rotatable bonds is 40. The summed E-state index contributed by atoms with van der Waals surface area (Å²) in [6.45, 7) is 3.78. The third kappa shape index (κ3) is 33.1. The number of hydrogen-bond acceptors (Lipinski definition) is 11. The molecule has 358 valence electrons. The van der Waals surface area contributed by atoms with Crippen LogP contribution < -0.4 is 0 Å². The van der Waals surface area contributed by atoms with Gasteiger partial charge < -0.3 is 34.3 Å². The zero-order valence-corrected chi connectivity index (χ0v) is 39.0. The maximum Gasteiger partial charge on any atom is 0.397 e. The lowest BCUT2D eigenvalue weighted by Gasteiger charge is -2.41. The van der Waals surface area contributed by atoms with E-state index in [1.54, 1.807) is 0 Å². The summed E-state index contributed by atoms with van der Waals surface area (Å²) in [5, 5.41) is 30.7. The van der Waals surface area contributed by atoms with Crippen LogP contribution >= 0.6 is 0 Å². The fourth-order valence-corrected chi connectivity index (χ4v) is 7.30. The van der Waals surface area contributed by atoms with E-state index in [9.17, 15) is 28.5 Å². The molecule has 1 heterocycles. The van der Waals surface area contributed by atoms with Crippen molar-refractivity contribution in [2.24, 2.45) is 0 Å². The van der Waals surface area contributed by atoms with Crippen LogP contribution in [0.3, 0.4) is 0 Å². The highest BCUT2D eigenvalue weighted by atomic mass is 32.3. The number of aliphatic hydroxyl groups excluding tert-OH is 3. The number of unbranched alkanes of at least 4 members (excludes halogenated alkanes) is 15. The van der Waals surface area contributed by atoms with E-state index in [0.717, 1.165) is 83.5 Å². The minimum Gasteiger partial charge on any atom is -0.457 e. The second-order valence-electron chi connectivity index (χ2n) is 16.0. The van der Waals surface area contributed by atoms with Gasteiger partial charge in [-0.3, -0.25) is 9.35 Å². The first-order valence-electron chi connectivity index (χ1n) is 23.7. The summed E-state index contributed by atoms with van der Waals surface area (Å²) < 4.78 is 59.1. The van der Waals surface area contributed by atoms with Crippen molar-refractivity contribution >= 4 is 16.4 Å². The summed E-state index contributed by atoms with van der Waals surface area (Å²) in [7, 11) is -5.07. The lowest BCUT2D eigenvalue weighted by Crippen LogP contribution is -2.60. The Morgan fingerprint density at radius 3 is 1.61 bits per heavy atom. The fourth-order valence-electron chi connectivity index (χ4n) is 6.79. The molecule has 12 nitrogen and oxygen atoms in total. The summed E-state index contributed by atoms with van der Waals surface area (Å²) in [5.74, 6) is -0.414. The van der Waals surface area contributed by atoms with Gasteiger partial charge >= 0.3 is 16.4 Å². The van der Waals surface area contributed by atoms with E-state index in [-0.39, 0.29) is 19.6 Å². The smallest absolute Gasteiger partial charge is 0.397 e. The molecule has 0 amide bonds. The van der Waals surface area contributed by atoms with Gasteiger partial charge in [0.25, 0.3) is 0 Å². The summed E-state index contributed by atoms with van der Waals surface area (Å²) in [5.41, 5.74) is 0. The molecule has 1 fully saturated rings. The van der Waals surface area contributed by atoms with Gasteiger partial charge in [0, 0.05) is 13.0 Å². The molecule has 1 rings (SSSR count). The first kappa shape index (κ1) is 57.6. The minimum absolute atomic E-state index is 0.0112. The summed E-state index contributed by atoms with van der Waals surface area (Å²) in [6.07, 6.45) is 42.2. The Balaban J connectivity index is 2.43. The third-order valence-electron chi connectivity index (χ3n) is 10.3. The van der Waals surface area contributed by atoms with Crippen LogP contribution in [-0.2, 0) is 38.3 Å². The quantitative estimate of drug-likeness (QED) is 0.0198. The number of allylic oxidation sites excluding steroid dienone is 12. The molecule has 0 saturated carbocycles. The highest BCUT2D eigenvalue weighted by Crippen LogP contribution is 2.26. The predicted octanol–water partition coefficient (Wildman–Crippen LogP) is 10.3. The average Bonchev–Trinajstić information content (AvgIpc) is 3.24. The number of hydrogen-bond donors (Lipinski definition) is 4. The molecule has 0 aliphatic carbocycles. The van der Waals surface area contributed by atoms with Crippen LogP contribution in [0.2, 0.25) is 0 Å². The van der Waals surface area contributed by atoms with Gasteiger partial charge in [0.05, 0.1) is 19.8 Å². The minimum atomic E-state index is -5.07. The molecule has 0 radical (unpaired) electrons. The lowest BCUT2D eigenvalue weighted by molar-refractivity contribution is -0.301. The molecule has 4 N–H and O–H groups in total. The molecule has 0 aromatic rings. The van der Waals surface area contributed by atoms with Gasteiger partial charge in [0.2, 0.25) is 0 Å². The van der Waals surface area contributed by atoms with Crippen molar-refractivity contribution in [3.8, 4) is 0 Å². The van der Waals surface area contributed by atoms with Crippen molar-refractivity contribution in [3.05, 3.63) is 72.9 Å². The van der Waals surface area contributed by atoms with E-state index in [1.165, 1.54) is 57.8 Å². The molecule has 0 bridgehead atoms. The van der Waals surface area contributed by atoms with Crippen LogP contribution in [0.1, 0.15) is 168 Å². The zero-order chi connectivity index (χ0) is 45.4. The van der Waals surface area contributed by atoms with Crippen LogP contribution in [0, 0.1) is 0 Å². The first-order chi connectivity index (χ1) is 30.1. The van der Waals surface area contributed by atoms with Crippen LogP contribution in [0.5, 0.6) is 0 Å². The molecule has 0 spiro atoms. The van der Waals surface area contributed by atoms with Crippen LogP contribution in [0.15, 0.2) is 72.9 Å². The Hall–Kier alpha value is -2.46. The van der Waals surface area contributed by atoms with Gasteiger partial charge in [-0.1, -0.05) is 170 Å². The molecule has 6 atom stereocenters. The number of carbonyl (C=O) groups is 1. The Morgan fingerprint density at radius 2 is 1.11 bits per heavy atom. The van der Waals surface area contributed by atoms with E-state index in [2.05, 4.69) is 90.9 Å². The number of esters is 1. The van der Waals surface area contributed by atoms with Crippen molar-refractivity contribution in [1.29, 1.82) is 0 Å².